The Labute approximate surface area is 180 Å². The smallest absolute Gasteiger partial charge is 0.259 e. The van der Waals surface area contributed by atoms with Gasteiger partial charge in [0.05, 0.1) is 5.56 Å². The number of aryl methyl sites for hydroxylation is 1. The van der Waals surface area contributed by atoms with Gasteiger partial charge in [0.2, 0.25) is 0 Å². The van der Waals surface area contributed by atoms with Gasteiger partial charge in [-0.15, -0.1) is 0 Å². The zero-order chi connectivity index (χ0) is 20.9. The summed E-state index contributed by atoms with van der Waals surface area (Å²) in [6.07, 6.45) is 14.5. The van der Waals surface area contributed by atoms with Crippen LogP contribution in [0.5, 0.6) is 5.75 Å². The number of phenolic OH excluding ortho intramolecular Hbond substituents is 1. The van der Waals surface area contributed by atoms with Gasteiger partial charge < -0.3 is 10.4 Å². The predicted molar refractivity (Wildman–Crippen MR) is 123 cm³/mol. The SMILES string of the molecule is CCCCCCCCCCCCc1ccc(NC(=O)c2cc(Cl)ccc2O)cc1. The molecule has 2 N–H and O–H groups in total. The molecule has 0 aliphatic carbocycles. The molecule has 3 nitrogen and oxygen atoms in total. The molecule has 1 amide bonds. The molecule has 0 bridgehead atoms. The van der Waals surface area contributed by atoms with E-state index in [9.17, 15) is 9.90 Å². The fourth-order valence-electron chi connectivity index (χ4n) is 3.46. The van der Waals surface area contributed by atoms with Crippen LogP contribution in [-0.2, 0) is 6.42 Å². The Morgan fingerprint density at radius 1 is 0.862 bits per heavy atom. The van der Waals surface area contributed by atoms with Gasteiger partial charge in [-0.05, 0) is 48.7 Å². The highest BCUT2D eigenvalue weighted by Crippen LogP contribution is 2.23. The van der Waals surface area contributed by atoms with E-state index in [1.165, 1.54) is 81.9 Å². The zero-order valence-electron chi connectivity index (χ0n) is 17.6. The Morgan fingerprint density at radius 2 is 1.45 bits per heavy atom. The second-order valence-electron chi connectivity index (χ2n) is 7.74. The minimum absolute atomic E-state index is 0.0792. The van der Waals surface area contributed by atoms with Crippen molar-refractivity contribution in [2.45, 2.75) is 77.6 Å². The molecule has 29 heavy (non-hydrogen) atoms. The van der Waals surface area contributed by atoms with Crippen LogP contribution in [0.25, 0.3) is 0 Å². The van der Waals surface area contributed by atoms with Gasteiger partial charge in [0.15, 0.2) is 0 Å². The van der Waals surface area contributed by atoms with Crippen molar-refractivity contribution in [1.82, 2.24) is 0 Å². The van der Waals surface area contributed by atoms with Crippen molar-refractivity contribution in [2.24, 2.45) is 0 Å². The van der Waals surface area contributed by atoms with Crippen LogP contribution < -0.4 is 5.32 Å². The van der Waals surface area contributed by atoms with Crippen LogP contribution in [0.2, 0.25) is 5.02 Å². The topological polar surface area (TPSA) is 49.3 Å². The van der Waals surface area contributed by atoms with E-state index in [1.54, 1.807) is 6.07 Å². The maximum Gasteiger partial charge on any atom is 0.259 e. The molecule has 2 aromatic carbocycles. The van der Waals surface area contributed by atoms with Crippen molar-refractivity contribution >= 4 is 23.2 Å². The number of anilines is 1. The van der Waals surface area contributed by atoms with E-state index in [0.717, 1.165) is 6.42 Å². The molecule has 2 rings (SSSR count). The van der Waals surface area contributed by atoms with Gasteiger partial charge in [-0.1, -0.05) is 88.4 Å². The summed E-state index contributed by atoms with van der Waals surface area (Å²) in [5, 5.41) is 13.1. The Balaban J connectivity index is 1.64. The number of carbonyl (C=O) groups excluding carboxylic acids is 1. The second-order valence-corrected chi connectivity index (χ2v) is 8.18. The van der Waals surface area contributed by atoms with E-state index >= 15 is 0 Å². The summed E-state index contributed by atoms with van der Waals surface area (Å²) in [6.45, 7) is 2.26. The summed E-state index contributed by atoms with van der Waals surface area (Å²) in [7, 11) is 0. The lowest BCUT2D eigenvalue weighted by Crippen LogP contribution is -2.12. The third kappa shape index (κ3) is 8.91. The largest absolute Gasteiger partial charge is 0.507 e. The average Bonchev–Trinajstić information content (AvgIpc) is 2.72. The summed E-state index contributed by atoms with van der Waals surface area (Å²) in [5.41, 5.74) is 2.17. The molecule has 0 atom stereocenters. The van der Waals surface area contributed by atoms with Gasteiger partial charge in [-0.2, -0.15) is 0 Å². The fraction of sp³-hybridized carbons (Fsp3) is 0.480. The Bertz CT molecular complexity index is 743. The summed E-state index contributed by atoms with van der Waals surface area (Å²) in [4.78, 5) is 12.3. The van der Waals surface area contributed by atoms with Gasteiger partial charge in [0, 0.05) is 10.7 Å². The van der Waals surface area contributed by atoms with Gasteiger partial charge in [-0.25, -0.2) is 0 Å². The maximum atomic E-state index is 12.3. The van der Waals surface area contributed by atoms with Crippen LogP contribution in [0.4, 0.5) is 5.69 Å². The Kier molecular flexibility index (Phi) is 10.6. The first-order chi connectivity index (χ1) is 14.1. The first-order valence-electron chi connectivity index (χ1n) is 11.0. The lowest BCUT2D eigenvalue weighted by Gasteiger charge is -2.08. The van der Waals surface area contributed by atoms with Crippen LogP contribution >= 0.6 is 11.6 Å². The minimum atomic E-state index is -0.368. The highest BCUT2D eigenvalue weighted by molar-refractivity contribution is 6.31. The number of phenols is 1. The number of carbonyl (C=O) groups is 1. The van der Waals surface area contributed by atoms with Gasteiger partial charge in [0.1, 0.15) is 5.75 Å². The molecule has 0 spiro atoms. The number of benzene rings is 2. The molecule has 0 aliphatic heterocycles. The summed E-state index contributed by atoms with van der Waals surface area (Å²) < 4.78 is 0. The van der Waals surface area contributed by atoms with Crippen molar-refractivity contribution in [3.63, 3.8) is 0 Å². The Morgan fingerprint density at radius 3 is 2.07 bits per heavy atom. The van der Waals surface area contributed by atoms with Crippen molar-refractivity contribution in [3.8, 4) is 5.75 Å². The summed E-state index contributed by atoms with van der Waals surface area (Å²) >= 11 is 5.91. The molecule has 0 saturated heterocycles. The van der Waals surface area contributed by atoms with E-state index < -0.39 is 0 Å². The van der Waals surface area contributed by atoms with Crippen LogP contribution in [0.3, 0.4) is 0 Å². The van der Waals surface area contributed by atoms with Crippen molar-refractivity contribution in [1.29, 1.82) is 0 Å². The Hall–Kier alpha value is -2.00. The summed E-state index contributed by atoms with van der Waals surface area (Å²) in [6, 6.07) is 12.4. The molecular weight excluding hydrogens is 382 g/mol. The van der Waals surface area contributed by atoms with Gasteiger partial charge in [0.25, 0.3) is 5.91 Å². The molecule has 0 heterocycles. The van der Waals surface area contributed by atoms with E-state index in [0.29, 0.717) is 10.7 Å². The molecule has 4 heteroatoms. The molecular formula is C25H34ClNO2. The monoisotopic (exact) mass is 415 g/mol. The number of hydrogen-bond donors (Lipinski definition) is 2. The molecule has 0 radical (unpaired) electrons. The van der Waals surface area contributed by atoms with E-state index in [-0.39, 0.29) is 17.2 Å². The first-order valence-corrected chi connectivity index (χ1v) is 11.4. The third-order valence-electron chi connectivity index (χ3n) is 5.23. The van der Waals surface area contributed by atoms with Crippen molar-refractivity contribution in [2.75, 3.05) is 5.32 Å². The van der Waals surface area contributed by atoms with Gasteiger partial charge in [-0.3, -0.25) is 4.79 Å². The highest BCUT2D eigenvalue weighted by Gasteiger charge is 2.12. The van der Waals surface area contributed by atoms with E-state index in [4.69, 9.17) is 11.6 Å². The van der Waals surface area contributed by atoms with Gasteiger partial charge >= 0.3 is 0 Å². The fourth-order valence-corrected chi connectivity index (χ4v) is 3.63. The van der Waals surface area contributed by atoms with Crippen LogP contribution in [0.15, 0.2) is 42.5 Å². The molecule has 158 valence electrons. The zero-order valence-corrected chi connectivity index (χ0v) is 18.3. The number of nitrogens with one attached hydrogen (secondary N) is 1. The maximum absolute atomic E-state index is 12.3. The quantitative estimate of drug-likeness (QED) is 0.328. The standard InChI is InChI=1S/C25H34ClNO2/c1-2-3-4-5-6-7-8-9-10-11-12-20-13-16-22(17-14-20)27-25(29)23-19-21(26)15-18-24(23)28/h13-19,28H,2-12H2,1H3,(H,27,29). The van der Waals surface area contributed by atoms with Crippen LogP contribution in [0, 0.1) is 0 Å². The number of halogens is 1. The summed E-state index contributed by atoms with van der Waals surface area (Å²) in [5.74, 6) is -0.447. The molecule has 2 aromatic rings. The first kappa shape index (κ1) is 23.3. The number of rotatable bonds is 13. The molecule has 0 fully saturated rings. The lowest BCUT2D eigenvalue weighted by atomic mass is 10.0. The number of unbranched alkanes of at least 4 members (excludes halogenated alkanes) is 9. The number of amides is 1. The van der Waals surface area contributed by atoms with Crippen molar-refractivity contribution < 1.29 is 9.90 Å². The minimum Gasteiger partial charge on any atom is -0.507 e. The highest BCUT2D eigenvalue weighted by atomic mass is 35.5. The molecule has 0 unspecified atom stereocenters. The van der Waals surface area contributed by atoms with Crippen LogP contribution in [0.1, 0.15) is 87.1 Å². The number of aromatic hydroxyl groups is 1. The molecule has 0 saturated carbocycles. The predicted octanol–water partition coefficient (Wildman–Crippen LogP) is 7.76. The average molecular weight is 416 g/mol. The van der Waals surface area contributed by atoms with Crippen LogP contribution in [-0.4, -0.2) is 11.0 Å². The lowest BCUT2D eigenvalue weighted by molar-refractivity contribution is 0.102. The molecule has 0 aliphatic rings. The van der Waals surface area contributed by atoms with Crippen molar-refractivity contribution in [3.05, 3.63) is 58.6 Å². The van der Waals surface area contributed by atoms with E-state index in [1.807, 2.05) is 12.1 Å². The second kappa shape index (κ2) is 13.3. The normalized spacial score (nSPS) is 10.8. The number of hydrogen-bond acceptors (Lipinski definition) is 2. The van der Waals surface area contributed by atoms with E-state index in [2.05, 4.69) is 24.4 Å². The third-order valence-corrected chi connectivity index (χ3v) is 5.47. The molecule has 0 aromatic heterocycles.